The Hall–Kier alpha value is -1.06. The average Bonchev–Trinajstić information content (AvgIpc) is 2.67. The summed E-state index contributed by atoms with van der Waals surface area (Å²) in [6.45, 7) is 8.74. The topological polar surface area (TPSA) is 27.7 Å². The van der Waals surface area contributed by atoms with Crippen molar-refractivity contribution in [3.8, 4) is 5.75 Å². The molecule has 0 aromatic heterocycles. The van der Waals surface area contributed by atoms with Gasteiger partial charge in [0, 0.05) is 0 Å². The highest BCUT2D eigenvalue weighted by Crippen LogP contribution is 2.29. The smallest absolute Gasteiger partial charge is 0.163 e. The van der Waals surface area contributed by atoms with Gasteiger partial charge in [0.2, 0.25) is 0 Å². The summed E-state index contributed by atoms with van der Waals surface area (Å²) in [6, 6.07) is 9.87. The standard InChI is InChI=1S/C15H22O3/c1-11(2)14(13-10-16-15(3,4)18-13)17-12-8-6-5-7-9-12/h5-9,11,13-14H,10H2,1-4H3/t13-,14-/m1/s1. The molecule has 3 heteroatoms. The van der Waals surface area contributed by atoms with Crippen LogP contribution in [0.25, 0.3) is 0 Å². The lowest BCUT2D eigenvalue weighted by Crippen LogP contribution is -2.39. The molecule has 100 valence electrons. The Balaban J connectivity index is 2.06. The lowest BCUT2D eigenvalue weighted by Gasteiger charge is -2.28. The van der Waals surface area contributed by atoms with Crippen LogP contribution in [0.3, 0.4) is 0 Å². The average molecular weight is 250 g/mol. The van der Waals surface area contributed by atoms with Gasteiger partial charge in [0.15, 0.2) is 5.79 Å². The zero-order chi connectivity index (χ0) is 13.2. The second-order valence-electron chi connectivity index (χ2n) is 5.51. The molecular weight excluding hydrogens is 228 g/mol. The van der Waals surface area contributed by atoms with Crippen molar-refractivity contribution in [2.75, 3.05) is 6.61 Å². The summed E-state index contributed by atoms with van der Waals surface area (Å²) in [5.74, 6) is 0.745. The van der Waals surface area contributed by atoms with E-state index in [1.165, 1.54) is 0 Å². The van der Waals surface area contributed by atoms with Crippen LogP contribution in [0.4, 0.5) is 0 Å². The lowest BCUT2D eigenvalue weighted by atomic mass is 10.0. The van der Waals surface area contributed by atoms with E-state index in [9.17, 15) is 0 Å². The van der Waals surface area contributed by atoms with Crippen molar-refractivity contribution >= 4 is 0 Å². The third kappa shape index (κ3) is 3.24. The normalized spacial score (nSPS) is 24.2. The molecule has 1 aliphatic heterocycles. The van der Waals surface area contributed by atoms with Gasteiger partial charge in [0.25, 0.3) is 0 Å². The number of hydrogen-bond donors (Lipinski definition) is 0. The third-order valence-corrected chi connectivity index (χ3v) is 3.07. The maximum atomic E-state index is 6.05. The first-order valence-corrected chi connectivity index (χ1v) is 6.51. The molecule has 0 radical (unpaired) electrons. The first-order valence-electron chi connectivity index (χ1n) is 6.51. The van der Waals surface area contributed by atoms with Crippen LogP contribution >= 0.6 is 0 Å². The lowest BCUT2D eigenvalue weighted by molar-refractivity contribution is -0.151. The molecule has 1 saturated heterocycles. The Morgan fingerprint density at radius 1 is 1.22 bits per heavy atom. The summed E-state index contributed by atoms with van der Waals surface area (Å²) >= 11 is 0. The van der Waals surface area contributed by atoms with Crippen LogP contribution in [0.5, 0.6) is 5.75 Å². The van der Waals surface area contributed by atoms with Crippen molar-refractivity contribution in [1.82, 2.24) is 0 Å². The summed E-state index contributed by atoms with van der Waals surface area (Å²) in [7, 11) is 0. The Labute approximate surface area is 109 Å². The van der Waals surface area contributed by atoms with Crippen molar-refractivity contribution in [3.05, 3.63) is 30.3 Å². The predicted molar refractivity (Wildman–Crippen MR) is 70.6 cm³/mol. The Morgan fingerprint density at radius 2 is 1.89 bits per heavy atom. The van der Waals surface area contributed by atoms with E-state index in [-0.39, 0.29) is 12.2 Å². The van der Waals surface area contributed by atoms with Gasteiger partial charge in [-0.3, -0.25) is 0 Å². The van der Waals surface area contributed by atoms with Gasteiger partial charge in [0.05, 0.1) is 6.61 Å². The molecule has 2 rings (SSSR count). The molecule has 0 amide bonds. The molecule has 0 N–H and O–H groups in total. The maximum absolute atomic E-state index is 6.05. The fourth-order valence-corrected chi connectivity index (χ4v) is 2.17. The SMILES string of the molecule is CC(C)[C@@H](Oc1ccccc1)[C@H]1COC(C)(C)O1. The molecule has 0 unspecified atom stereocenters. The van der Waals surface area contributed by atoms with E-state index in [1.807, 2.05) is 44.2 Å². The highest BCUT2D eigenvalue weighted by Gasteiger charge is 2.39. The van der Waals surface area contributed by atoms with E-state index >= 15 is 0 Å². The molecule has 3 nitrogen and oxygen atoms in total. The summed E-state index contributed by atoms with van der Waals surface area (Å²) in [4.78, 5) is 0. The quantitative estimate of drug-likeness (QED) is 0.821. The second-order valence-corrected chi connectivity index (χ2v) is 5.51. The van der Waals surface area contributed by atoms with E-state index in [0.717, 1.165) is 5.75 Å². The fraction of sp³-hybridized carbons (Fsp3) is 0.600. The Kier molecular flexibility index (Phi) is 3.93. The van der Waals surface area contributed by atoms with Gasteiger partial charge in [-0.1, -0.05) is 32.0 Å². The van der Waals surface area contributed by atoms with E-state index in [2.05, 4.69) is 13.8 Å². The molecule has 2 atom stereocenters. The Bertz CT molecular complexity index is 373. The minimum absolute atomic E-state index is 0.00850. The van der Waals surface area contributed by atoms with Crippen molar-refractivity contribution in [3.63, 3.8) is 0 Å². The molecule has 0 bridgehead atoms. The van der Waals surface area contributed by atoms with Crippen LogP contribution in [0.1, 0.15) is 27.7 Å². The molecule has 0 aliphatic carbocycles. The summed E-state index contributed by atoms with van der Waals surface area (Å²) in [6.07, 6.45) is -0.00520. The third-order valence-electron chi connectivity index (χ3n) is 3.07. The molecule has 0 saturated carbocycles. The van der Waals surface area contributed by atoms with Crippen LogP contribution < -0.4 is 4.74 Å². The molecule has 1 aliphatic rings. The van der Waals surface area contributed by atoms with Crippen LogP contribution in [0.15, 0.2) is 30.3 Å². The second kappa shape index (κ2) is 5.29. The van der Waals surface area contributed by atoms with E-state index in [1.54, 1.807) is 0 Å². The first-order chi connectivity index (χ1) is 8.48. The highest BCUT2D eigenvalue weighted by molar-refractivity contribution is 5.21. The van der Waals surface area contributed by atoms with Crippen LogP contribution in [0, 0.1) is 5.92 Å². The summed E-state index contributed by atoms with van der Waals surface area (Å²) < 4.78 is 17.6. The number of benzene rings is 1. The number of ether oxygens (including phenoxy) is 3. The van der Waals surface area contributed by atoms with Crippen LogP contribution in [-0.4, -0.2) is 24.6 Å². The van der Waals surface area contributed by atoms with Gasteiger partial charge in [-0.15, -0.1) is 0 Å². The molecule has 18 heavy (non-hydrogen) atoms. The fourth-order valence-electron chi connectivity index (χ4n) is 2.17. The zero-order valence-electron chi connectivity index (χ0n) is 11.6. The predicted octanol–water partition coefficient (Wildman–Crippen LogP) is 3.24. The van der Waals surface area contributed by atoms with E-state index in [0.29, 0.717) is 12.5 Å². The minimum Gasteiger partial charge on any atom is -0.487 e. The molecule has 0 spiro atoms. The van der Waals surface area contributed by atoms with Crippen molar-refractivity contribution in [1.29, 1.82) is 0 Å². The number of para-hydroxylation sites is 1. The molecular formula is C15H22O3. The molecule has 1 fully saturated rings. The molecule has 1 heterocycles. The Morgan fingerprint density at radius 3 is 2.39 bits per heavy atom. The minimum atomic E-state index is -0.502. The van der Waals surface area contributed by atoms with Gasteiger partial charge >= 0.3 is 0 Å². The van der Waals surface area contributed by atoms with E-state index in [4.69, 9.17) is 14.2 Å². The van der Waals surface area contributed by atoms with Crippen LogP contribution in [-0.2, 0) is 9.47 Å². The monoisotopic (exact) mass is 250 g/mol. The van der Waals surface area contributed by atoms with Gasteiger partial charge in [-0.25, -0.2) is 0 Å². The molecule has 1 aromatic carbocycles. The van der Waals surface area contributed by atoms with Gasteiger partial charge < -0.3 is 14.2 Å². The number of rotatable bonds is 4. The highest BCUT2D eigenvalue weighted by atomic mass is 16.7. The summed E-state index contributed by atoms with van der Waals surface area (Å²) in [5.41, 5.74) is 0. The van der Waals surface area contributed by atoms with Crippen molar-refractivity contribution in [2.24, 2.45) is 5.92 Å². The van der Waals surface area contributed by atoms with Gasteiger partial charge in [-0.05, 0) is 31.9 Å². The first kappa shape index (κ1) is 13.4. The summed E-state index contributed by atoms with van der Waals surface area (Å²) in [5, 5.41) is 0. The van der Waals surface area contributed by atoms with Gasteiger partial charge in [0.1, 0.15) is 18.0 Å². The molecule has 1 aromatic rings. The van der Waals surface area contributed by atoms with Crippen LogP contribution in [0.2, 0.25) is 0 Å². The number of hydrogen-bond acceptors (Lipinski definition) is 3. The largest absolute Gasteiger partial charge is 0.487 e. The van der Waals surface area contributed by atoms with E-state index < -0.39 is 5.79 Å². The van der Waals surface area contributed by atoms with Crippen molar-refractivity contribution < 1.29 is 14.2 Å². The van der Waals surface area contributed by atoms with Crippen molar-refractivity contribution in [2.45, 2.75) is 45.7 Å². The van der Waals surface area contributed by atoms with Gasteiger partial charge in [-0.2, -0.15) is 0 Å². The zero-order valence-corrected chi connectivity index (χ0v) is 11.6. The maximum Gasteiger partial charge on any atom is 0.163 e.